The highest BCUT2D eigenvalue weighted by Gasteiger charge is 2.34. The predicted molar refractivity (Wildman–Crippen MR) is 60.2 cm³/mol. The molecule has 0 rings (SSSR count). The van der Waals surface area contributed by atoms with Gasteiger partial charge in [-0.05, 0) is 6.92 Å². The molecule has 1 unspecified atom stereocenters. The molecule has 9 heteroatoms. The normalized spacial score (nSPS) is 17.3. The van der Waals surface area contributed by atoms with Crippen LogP contribution in [0, 0.1) is 0 Å². The Labute approximate surface area is 108 Å². The number of aliphatic carboxylic acids is 1. The topological polar surface area (TPSA) is 164 Å². The maximum absolute atomic E-state index is 11.6. The van der Waals surface area contributed by atoms with Crippen molar-refractivity contribution in [3.63, 3.8) is 0 Å². The van der Waals surface area contributed by atoms with Crippen LogP contribution >= 0.6 is 0 Å². The summed E-state index contributed by atoms with van der Waals surface area (Å²) < 4.78 is 0. The minimum atomic E-state index is -2.00. The second-order valence-corrected chi connectivity index (χ2v) is 3.88. The molecule has 4 atom stereocenters. The fourth-order valence-electron chi connectivity index (χ4n) is 1.28. The molecule has 0 aliphatic carbocycles. The van der Waals surface area contributed by atoms with Gasteiger partial charge in [-0.1, -0.05) is 0 Å². The van der Waals surface area contributed by atoms with Crippen molar-refractivity contribution in [3.8, 4) is 0 Å². The van der Waals surface area contributed by atoms with Gasteiger partial charge in [0.1, 0.15) is 12.2 Å². The largest absolute Gasteiger partial charge is 0.480 e. The second kappa shape index (κ2) is 7.92. The third kappa shape index (κ3) is 5.01. The first-order valence-corrected chi connectivity index (χ1v) is 5.37. The highest BCUT2D eigenvalue weighted by atomic mass is 16.4. The Morgan fingerprint density at radius 1 is 1.11 bits per heavy atom. The molecule has 0 radical (unpaired) electrons. The number of carboxylic acid groups (broad SMARTS) is 1. The Kier molecular flexibility index (Phi) is 7.34. The fourth-order valence-corrected chi connectivity index (χ4v) is 1.28. The number of hydrogen-bond acceptors (Lipinski definition) is 8. The van der Waals surface area contributed by atoms with Crippen molar-refractivity contribution in [2.75, 3.05) is 13.2 Å². The quantitative estimate of drug-likeness (QED) is 0.233. The summed E-state index contributed by atoms with van der Waals surface area (Å²) in [5, 5.41) is 46.8. The van der Waals surface area contributed by atoms with Crippen LogP contribution in [0.15, 0.2) is 0 Å². The van der Waals surface area contributed by atoms with Crippen molar-refractivity contribution in [1.29, 1.82) is 0 Å². The fraction of sp³-hybridized carbons (Fsp3) is 0.700. The number of carboxylic acids is 1. The van der Waals surface area contributed by atoms with Gasteiger partial charge in [-0.2, -0.15) is 0 Å². The third-order valence-corrected chi connectivity index (χ3v) is 2.39. The van der Waals surface area contributed by atoms with E-state index in [0.29, 0.717) is 0 Å². The number of nitrogens with one attached hydrogen (secondary N) is 1. The number of Topliss-reactive ketones (excluding diaryl/α,β-unsaturated/α-hetero) is 2. The summed E-state index contributed by atoms with van der Waals surface area (Å²) in [6.07, 6.45) is -3.76. The highest BCUT2D eigenvalue weighted by molar-refractivity contribution is 6.02. The minimum Gasteiger partial charge on any atom is -0.480 e. The molecular formula is C10H17NO8. The molecule has 19 heavy (non-hydrogen) atoms. The van der Waals surface area contributed by atoms with Crippen LogP contribution in [0.4, 0.5) is 0 Å². The monoisotopic (exact) mass is 279 g/mol. The van der Waals surface area contributed by atoms with Crippen molar-refractivity contribution in [2.24, 2.45) is 0 Å². The second-order valence-electron chi connectivity index (χ2n) is 3.88. The van der Waals surface area contributed by atoms with E-state index in [-0.39, 0.29) is 0 Å². The van der Waals surface area contributed by atoms with Gasteiger partial charge in [-0.3, -0.25) is 19.7 Å². The molecule has 9 nitrogen and oxygen atoms in total. The number of carbonyl (C=O) groups excluding carboxylic acids is 2. The molecule has 6 N–H and O–H groups in total. The van der Waals surface area contributed by atoms with Gasteiger partial charge in [-0.15, -0.1) is 0 Å². The maximum atomic E-state index is 11.6. The molecule has 0 amide bonds. The van der Waals surface area contributed by atoms with E-state index >= 15 is 0 Å². The lowest BCUT2D eigenvalue weighted by molar-refractivity contribution is -0.144. The van der Waals surface area contributed by atoms with Crippen LogP contribution in [0.5, 0.6) is 0 Å². The Morgan fingerprint density at radius 3 is 1.95 bits per heavy atom. The van der Waals surface area contributed by atoms with Crippen molar-refractivity contribution < 1.29 is 39.9 Å². The number of aliphatic hydroxyl groups is 4. The average molecular weight is 279 g/mol. The molecule has 0 fully saturated rings. The van der Waals surface area contributed by atoms with E-state index in [1.54, 1.807) is 0 Å². The standard InChI is InChI=1S/C10H17NO8/c1-4(14)7(10(18)19)11-5(2-12)8(16)9(17)6(15)3-13/h5-7,9,11-13,15,17H,2-3H2,1H3,(H,18,19)/t5-,6+,7?,9+/m0/s1. The van der Waals surface area contributed by atoms with Gasteiger partial charge >= 0.3 is 5.97 Å². The molecular weight excluding hydrogens is 262 g/mol. The van der Waals surface area contributed by atoms with E-state index < -0.39 is 55.0 Å². The predicted octanol–water partition coefficient (Wildman–Crippen LogP) is -3.74. The summed E-state index contributed by atoms with van der Waals surface area (Å²) in [4.78, 5) is 33.4. The zero-order chi connectivity index (χ0) is 15.2. The minimum absolute atomic E-state index is 0.795. The molecule has 0 heterocycles. The van der Waals surface area contributed by atoms with Crippen molar-refractivity contribution in [1.82, 2.24) is 5.32 Å². The van der Waals surface area contributed by atoms with Crippen molar-refractivity contribution in [2.45, 2.75) is 31.2 Å². The zero-order valence-electron chi connectivity index (χ0n) is 10.2. The first-order valence-electron chi connectivity index (χ1n) is 5.37. The van der Waals surface area contributed by atoms with Gasteiger partial charge in [0.2, 0.25) is 0 Å². The van der Waals surface area contributed by atoms with Gasteiger partial charge in [0.25, 0.3) is 0 Å². The van der Waals surface area contributed by atoms with Crippen LogP contribution in [0.2, 0.25) is 0 Å². The third-order valence-electron chi connectivity index (χ3n) is 2.39. The zero-order valence-corrected chi connectivity index (χ0v) is 10.2. The first kappa shape index (κ1) is 17.6. The molecule has 0 spiro atoms. The van der Waals surface area contributed by atoms with Gasteiger partial charge in [0.05, 0.1) is 19.3 Å². The lowest BCUT2D eigenvalue weighted by Gasteiger charge is -2.23. The maximum Gasteiger partial charge on any atom is 0.328 e. The molecule has 0 aliphatic rings. The van der Waals surface area contributed by atoms with Gasteiger partial charge < -0.3 is 25.5 Å². The Hall–Kier alpha value is -1.39. The van der Waals surface area contributed by atoms with Crippen LogP contribution in [0.25, 0.3) is 0 Å². The summed E-state index contributed by atoms with van der Waals surface area (Å²) >= 11 is 0. The summed E-state index contributed by atoms with van der Waals surface area (Å²) in [6.45, 7) is -0.797. The summed E-state index contributed by atoms with van der Waals surface area (Å²) in [7, 11) is 0. The summed E-state index contributed by atoms with van der Waals surface area (Å²) in [5.41, 5.74) is 0. The molecule has 110 valence electrons. The lowest BCUT2D eigenvalue weighted by Crippen LogP contribution is -2.56. The summed E-state index contributed by atoms with van der Waals surface area (Å²) in [6, 6.07) is -3.28. The van der Waals surface area contributed by atoms with Gasteiger partial charge in [0.15, 0.2) is 17.6 Å². The molecule has 0 bridgehead atoms. The molecule has 0 aromatic rings. The Morgan fingerprint density at radius 2 is 1.63 bits per heavy atom. The molecule has 0 aliphatic heterocycles. The van der Waals surface area contributed by atoms with E-state index in [9.17, 15) is 19.5 Å². The number of hydrogen-bond donors (Lipinski definition) is 6. The van der Waals surface area contributed by atoms with E-state index in [1.807, 2.05) is 0 Å². The van der Waals surface area contributed by atoms with E-state index in [4.69, 9.17) is 20.4 Å². The van der Waals surface area contributed by atoms with E-state index in [0.717, 1.165) is 6.92 Å². The van der Waals surface area contributed by atoms with Crippen molar-refractivity contribution in [3.05, 3.63) is 0 Å². The Balaban J connectivity index is 4.87. The number of rotatable bonds is 9. The molecule has 0 aromatic carbocycles. The van der Waals surface area contributed by atoms with Crippen molar-refractivity contribution >= 4 is 17.5 Å². The van der Waals surface area contributed by atoms with E-state index in [1.165, 1.54) is 0 Å². The highest BCUT2D eigenvalue weighted by Crippen LogP contribution is 2.01. The Bertz CT molecular complexity index is 330. The van der Waals surface area contributed by atoms with Crippen LogP contribution in [-0.4, -0.2) is 80.6 Å². The van der Waals surface area contributed by atoms with Crippen LogP contribution < -0.4 is 5.32 Å². The SMILES string of the molecule is CC(=O)C(N[C@@H](CO)C(=O)[C@H](O)[C@H](O)CO)C(=O)O. The number of carbonyl (C=O) groups is 3. The van der Waals surface area contributed by atoms with Crippen LogP contribution in [0.3, 0.4) is 0 Å². The van der Waals surface area contributed by atoms with Gasteiger partial charge in [0, 0.05) is 0 Å². The lowest BCUT2D eigenvalue weighted by atomic mass is 10.0. The first-order chi connectivity index (χ1) is 8.76. The van der Waals surface area contributed by atoms with Crippen LogP contribution in [0.1, 0.15) is 6.92 Å². The van der Waals surface area contributed by atoms with E-state index in [2.05, 4.69) is 5.32 Å². The number of aliphatic hydroxyl groups excluding tert-OH is 4. The van der Waals surface area contributed by atoms with Crippen LogP contribution in [-0.2, 0) is 14.4 Å². The number of ketones is 2. The summed E-state index contributed by atoms with van der Waals surface area (Å²) in [5.74, 6) is -3.47. The van der Waals surface area contributed by atoms with Gasteiger partial charge in [-0.25, -0.2) is 0 Å². The smallest absolute Gasteiger partial charge is 0.328 e. The molecule has 0 saturated heterocycles. The molecule has 0 saturated carbocycles. The average Bonchev–Trinajstić information content (AvgIpc) is 2.36. The molecule has 0 aromatic heterocycles.